The van der Waals surface area contributed by atoms with Crippen molar-refractivity contribution in [1.82, 2.24) is 0 Å². The molecule has 0 saturated heterocycles. The molecule has 4 aliphatic carbocycles. The van der Waals surface area contributed by atoms with Crippen molar-refractivity contribution >= 4 is 5.78 Å². The van der Waals surface area contributed by atoms with Gasteiger partial charge in [-0.25, -0.2) is 0 Å². The predicted molar refractivity (Wildman–Crippen MR) is 133 cm³/mol. The lowest BCUT2D eigenvalue weighted by Crippen LogP contribution is -2.59. The smallest absolute Gasteiger partial charge is 0.136 e. The molecule has 194 valence electrons. The van der Waals surface area contributed by atoms with E-state index in [0.717, 1.165) is 25.7 Å². The average Bonchev–Trinajstić information content (AvgIpc) is 3.10. The molecule has 0 spiro atoms. The highest BCUT2D eigenvalue weighted by molar-refractivity contribution is 5.83. The Morgan fingerprint density at radius 1 is 1.03 bits per heavy atom. The second-order valence-corrected chi connectivity index (χ2v) is 14.0. The van der Waals surface area contributed by atoms with Gasteiger partial charge in [0, 0.05) is 12.3 Å². The standard InChI is InChI=1S/C29H48O5/c1-15(25(33)26(34)16(2)27(3,4)5)18-8-9-19-17-12-22(30)21-13-23(31)24(32)14-29(21,7)20(17)10-11-28(18,19)6/h15,17-21,23-26,31-34H,2,8-14H2,1,3-7H3/t15-,17-,18+,19-,20-,21+,23-,24-,25+,26+,28-,29+/m0/s1. The molecule has 4 N–H and O–H groups in total. The number of aliphatic hydroxyl groups is 4. The van der Waals surface area contributed by atoms with E-state index in [1.165, 1.54) is 0 Å². The summed E-state index contributed by atoms with van der Waals surface area (Å²) in [6.45, 7) is 16.8. The Kier molecular flexibility index (Phi) is 6.72. The molecular weight excluding hydrogens is 428 g/mol. The molecule has 4 fully saturated rings. The largest absolute Gasteiger partial charge is 0.390 e. The molecule has 5 nitrogen and oxygen atoms in total. The quantitative estimate of drug-likeness (QED) is 0.458. The van der Waals surface area contributed by atoms with E-state index in [-0.39, 0.29) is 39.8 Å². The second kappa shape index (κ2) is 8.68. The minimum absolute atomic E-state index is 0.0284. The summed E-state index contributed by atoms with van der Waals surface area (Å²) in [7, 11) is 0. The molecule has 4 saturated carbocycles. The number of hydrogen-bond donors (Lipinski definition) is 4. The average molecular weight is 477 g/mol. The number of rotatable bonds is 4. The lowest BCUT2D eigenvalue weighted by Gasteiger charge is -2.61. The fourth-order valence-corrected chi connectivity index (χ4v) is 9.15. The number of aliphatic hydroxyl groups excluding tert-OH is 4. The lowest BCUT2D eigenvalue weighted by atomic mass is 9.44. The Hall–Kier alpha value is -0.750. The van der Waals surface area contributed by atoms with Crippen molar-refractivity contribution in [2.45, 2.75) is 111 Å². The monoisotopic (exact) mass is 476 g/mol. The SMILES string of the molecule is C=C([C@@H](O)[C@H](O)[C@@H](C)[C@H]1CC[C@H]2[C@@H]3CC(=O)[C@H]4C[C@H](O)[C@@H](O)C[C@]4(C)[C@H]3CC[C@@]12C)C(C)(C)C. The highest BCUT2D eigenvalue weighted by Gasteiger charge is 2.63. The van der Waals surface area contributed by atoms with Crippen molar-refractivity contribution in [3.8, 4) is 0 Å². The highest BCUT2D eigenvalue weighted by Crippen LogP contribution is 2.67. The summed E-state index contributed by atoms with van der Waals surface area (Å²) >= 11 is 0. The van der Waals surface area contributed by atoms with E-state index in [4.69, 9.17) is 0 Å². The zero-order valence-corrected chi connectivity index (χ0v) is 22.1. The van der Waals surface area contributed by atoms with E-state index < -0.39 is 24.4 Å². The molecule has 0 aromatic carbocycles. The number of hydrogen-bond acceptors (Lipinski definition) is 5. The Balaban J connectivity index is 1.56. The molecule has 12 atom stereocenters. The van der Waals surface area contributed by atoms with E-state index in [9.17, 15) is 25.2 Å². The fraction of sp³-hybridized carbons (Fsp3) is 0.897. The van der Waals surface area contributed by atoms with Crippen molar-refractivity contribution in [3.63, 3.8) is 0 Å². The van der Waals surface area contributed by atoms with Gasteiger partial charge in [0.25, 0.3) is 0 Å². The van der Waals surface area contributed by atoms with Crippen molar-refractivity contribution < 1.29 is 25.2 Å². The minimum Gasteiger partial charge on any atom is -0.390 e. The molecular formula is C29H48O5. The van der Waals surface area contributed by atoms with Crippen LogP contribution in [-0.4, -0.2) is 50.6 Å². The molecule has 0 aromatic rings. The zero-order valence-electron chi connectivity index (χ0n) is 22.1. The second-order valence-electron chi connectivity index (χ2n) is 14.0. The minimum atomic E-state index is -0.944. The van der Waals surface area contributed by atoms with Crippen LogP contribution < -0.4 is 0 Å². The van der Waals surface area contributed by atoms with E-state index in [1.807, 2.05) is 20.8 Å². The summed E-state index contributed by atoms with van der Waals surface area (Å²) in [5, 5.41) is 42.9. The Morgan fingerprint density at radius 2 is 1.65 bits per heavy atom. The first-order chi connectivity index (χ1) is 15.6. The first kappa shape index (κ1) is 26.3. The van der Waals surface area contributed by atoms with Crippen molar-refractivity contribution in [2.75, 3.05) is 0 Å². The molecule has 0 radical (unpaired) electrons. The maximum Gasteiger partial charge on any atom is 0.136 e. The van der Waals surface area contributed by atoms with Gasteiger partial charge in [-0.1, -0.05) is 48.1 Å². The summed E-state index contributed by atoms with van der Waals surface area (Å²) < 4.78 is 0. The van der Waals surface area contributed by atoms with Crippen molar-refractivity contribution in [3.05, 3.63) is 12.2 Å². The van der Waals surface area contributed by atoms with Crippen molar-refractivity contribution in [2.24, 2.45) is 51.8 Å². The molecule has 0 bridgehead atoms. The highest BCUT2D eigenvalue weighted by atomic mass is 16.3. The first-order valence-electron chi connectivity index (χ1n) is 13.6. The third kappa shape index (κ3) is 3.93. The number of fused-ring (bicyclic) bond motifs is 5. The van der Waals surface area contributed by atoms with E-state index >= 15 is 0 Å². The Labute approximate surface area is 206 Å². The Morgan fingerprint density at radius 3 is 2.26 bits per heavy atom. The van der Waals surface area contributed by atoms with E-state index in [1.54, 1.807) is 0 Å². The van der Waals surface area contributed by atoms with Gasteiger partial charge in [0.15, 0.2) is 0 Å². The van der Waals surface area contributed by atoms with Crippen LogP contribution in [-0.2, 0) is 4.79 Å². The predicted octanol–water partition coefficient (Wildman–Crippen LogP) is 4.12. The van der Waals surface area contributed by atoms with Gasteiger partial charge in [-0.3, -0.25) is 4.79 Å². The summed E-state index contributed by atoms with van der Waals surface area (Å²) in [6.07, 6.45) is 2.28. The van der Waals surface area contributed by atoms with Gasteiger partial charge in [0.05, 0.1) is 18.3 Å². The zero-order chi connectivity index (χ0) is 25.4. The van der Waals surface area contributed by atoms with E-state index in [0.29, 0.717) is 42.6 Å². The van der Waals surface area contributed by atoms with Gasteiger partial charge in [-0.05, 0) is 89.9 Å². The Bertz CT molecular complexity index is 816. The topological polar surface area (TPSA) is 98.0 Å². The third-order valence-corrected chi connectivity index (χ3v) is 11.4. The number of carbonyl (C=O) groups excluding carboxylic acids is 1. The molecule has 0 aliphatic heterocycles. The maximum atomic E-state index is 13.3. The normalized spacial score (nSPS) is 47.2. The van der Waals surface area contributed by atoms with Gasteiger partial charge in [-0.15, -0.1) is 0 Å². The number of Topliss-reactive ketones (excluding diaryl/α,β-unsaturated/α-hetero) is 1. The molecule has 4 aliphatic rings. The van der Waals surface area contributed by atoms with Crippen LogP contribution in [0.5, 0.6) is 0 Å². The van der Waals surface area contributed by atoms with Gasteiger partial charge < -0.3 is 20.4 Å². The molecule has 4 rings (SSSR count). The van der Waals surface area contributed by atoms with Crippen LogP contribution in [0, 0.1) is 51.8 Å². The van der Waals surface area contributed by atoms with Gasteiger partial charge in [-0.2, -0.15) is 0 Å². The van der Waals surface area contributed by atoms with Crippen LogP contribution in [0.3, 0.4) is 0 Å². The molecule has 34 heavy (non-hydrogen) atoms. The van der Waals surface area contributed by atoms with Gasteiger partial charge in [0.2, 0.25) is 0 Å². The lowest BCUT2D eigenvalue weighted by molar-refractivity contribution is -0.174. The summed E-state index contributed by atoms with van der Waals surface area (Å²) in [6, 6.07) is 0. The summed E-state index contributed by atoms with van der Waals surface area (Å²) in [5.74, 6) is 1.46. The molecule has 0 heterocycles. The molecule has 0 amide bonds. The number of carbonyl (C=O) groups is 1. The maximum absolute atomic E-state index is 13.3. The van der Waals surface area contributed by atoms with Crippen molar-refractivity contribution in [1.29, 1.82) is 0 Å². The third-order valence-electron chi connectivity index (χ3n) is 11.4. The van der Waals surface area contributed by atoms with Gasteiger partial charge >= 0.3 is 0 Å². The first-order valence-corrected chi connectivity index (χ1v) is 13.6. The van der Waals surface area contributed by atoms with Gasteiger partial charge in [0.1, 0.15) is 11.9 Å². The summed E-state index contributed by atoms with van der Waals surface area (Å²) in [4.78, 5) is 13.3. The molecule has 5 heteroatoms. The van der Waals surface area contributed by atoms with Crippen LogP contribution in [0.4, 0.5) is 0 Å². The van der Waals surface area contributed by atoms with Crippen LogP contribution in [0.2, 0.25) is 0 Å². The summed E-state index contributed by atoms with van der Waals surface area (Å²) in [5.41, 5.74) is 0.183. The van der Waals surface area contributed by atoms with Crippen LogP contribution >= 0.6 is 0 Å². The van der Waals surface area contributed by atoms with Crippen LogP contribution in [0.1, 0.15) is 86.5 Å². The fourth-order valence-electron chi connectivity index (χ4n) is 9.15. The molecule has 0 aromatic heterocycles. The van der Waals surface area contributed by atoms with Crippen LogP contribution in [0.15, 0.2) is 12.2 Å². The molecule has 0 unspecified atom stereocenters. The number of ketones is 1. The van der Waals surface area contributed by atoms with E-state index in [2.05, 4.69) is 27.4 Å². The van der Waals surface area contributed by atoms with Crippen LogP contribution in [0.25, 0.3) is 0 Å².